The van der Waals surface area contributed by atoms with E-state index in [1.54, 1.807) is 18.2 Å². The number of aromatic nitrogens is 2. The molecule has 2 heterocycles. The highest BCUT2D eigenvalue weighted by Crippen LogP contribution is 2.42. The fourth-order valence-corrected chi connectivity index (χ4v) is 3.17. The van der Waals surface area contributed by atoms with Gasteiger partial charge in [0.2, 0.25) is 0 Å². The number of hydrogen-bond acceptors (Lipinski definition) is 5. The van der Waals surface area contributed by atoms with Crippen molar-refractivity contribution in [2.75, 3.05) is 32.1 Å². The lowest BCUT2D eigenvalue weighted by molar-refractivity contribution is -0.141. The van der Waals surface area contributed by atoms with Gasteiger partial charge in [0.05, 0.1) is 49.0 Å². The van der Waals surface area contributed by atoms with E-state index in [0.29, 0.717) is 25.6 Å². The van der Waals surface area contributed by atoms with Crippen LogP contribution >= 0.6 is 0 Å². The predicted molar refractivity (Wildman–Crippen MR) is 90.2 cm³/mol. The largest absolute Gasteiger partial charge is 0.382 e. The van der Waals surface area contributed by atoms with Gasteiger partial charge in [0.15, 0.2) is 0 Å². The zero-order valence-corrected chi connectivity index (χ0v) is 14.8. The van der Waals surface area contributed by atoms with Crippen LogP contribution < -0.4 is 5.32 Å². The number of rotatable bonds is 4. The smallest absolute Gasteiger partial charge is 0.322 e. The molecule has 132 valence electrons. The van der Waals surface area contributed by atoms with Gasteiger partial charge in [0.25, 0.3) is 0 Å². The van der Waals surface area contributed by atoms with E-state index >= 15 is 0 Å². The summed E-state index contributed by atoms with van der Waals surface area (Å²) >= 11 is 0. The monoisotopic (exact) mass is 334 g/mol. The summed E-state index contributed by atoms with van der Waals surface area (Å²) in [6.07, 6.45) is 3.84. The molecule has 0 aromatic carbocycles. The molecule has 1 aromatic heterocycles. The van der Waals surface area contributed by atoms with E-state index in [1.165, 1.54) is 0 Å². The van der Waals surface area contributed by atoms with E-state index in [1.807, 2.05) is 20.8 Å². The van der Waals surface area contributed by atoms with Crippen molar-refractivity contribution in [3.8, 4) is 0 Å². The molecule has 24 heavy (non-hydrogen) atoms. The molecule has 1 saturated heterocycles. The number of methoxy groups -OCH3 is 1. The summed E-state index contributed by atoms with van der Waals surface area (Å²) in [7, 11) is 1.64. The van der Waals surface area contributed by atoms with Gasteiger partial charge in [0.1, 0.15) is 5.82 Å². The van der Waals surface area contributed by atoms with Crippen LogP contribution in [0.5, 0.6) is 0 Å². The standard InChI is InChI=1S/C17H26N4O3/c1-11-18-7-14(15(19-11)12-5-6-12)20-16(22)21-8-13(9-23-4)24-17(2,3)10-21/h7,12-13H,5-6,8-10H2,1-4H3,(H,20,22). The molecule has 2 amide bonds. The van der Waals surface area contributed by atoms with E-state index in [4.69, 9.17) is 9.47 Å². The van der Waals surface area contributed by atoms with Gasteiger partial charge in [-0.05, 0) is 33.6 Å². The van der Waals surface area contributed by atoms with Crippen molar-refractivity contribution in [2.45, 2.75) is 51.2 Å². The summed E-state index contributed by atoms with van der Waals surface area (Å²) in [5.41, 5.74) is 1.28. The number of carbonyl (C=O) groups excluding carboxylic acids is 1. The Morgan fingerprint density at radius 1 is 1.50 bits per heavy atom. The summed E-state index contributed by atoms with van der Waals surface area (Å²) in [5, 5.41) is 2.99. The number of carbonyl (C=O) groups is 1. The van der Waals surface area contributed by atoms with Crippen LogP contribution in [0.25, 0.3) is 0 Å². The van der Waals surface area contributed by atoms with E-state index in [0.717, 1.165) is 30.0 Å². The number of amides is 2. The third-order valence-electron chi connectivity index (χ3n) is 4.27. The Morgan fingerprint density at radius 2 is 2.25 bits per heavy atom. The Bertz CT molecular complexity index is 616. The van der Waals surface area contributed by atoms with Crippen molar-refractivity contribution in [1.82, 2.24) is 14.9 Å². The highest BCUT2D eigenvalue weighted by atomic mass is 16.5. The molecule has 0 radical (unpaired) electrons. The van der Waals surface area contributed by atoms with Crippen molar-refractivity contribution < 1.29 is 14.3 Å². The summed E-state index contributed by atoms with van der Waals surface area (Å²) < 4.78 is 11.2. The molecule has 7 heteroatoms. The average Bonchev–Trinajstić information content (AvgIpc) is 3.32. The van der Waals surface area contributed by atoms with Crippen LogP contribution in [0.4, 0.5) is 10.5 Å². The molecular weight excluding hydrogens is 308 g/mol. The van der Waals surface area contributed by atoms with Gasteiger partial charge in [-0.1, -0.05) is 0 Å². The Balaban J connectivity index is 1.72. The first-order chi connectivity index (χ1) is 11.4. The van der Waals surface area contributed by atoms with E-state index < -0.39 is 5.60 Å². The quantitative estimate of drug-likeness (QED) is 0.914. The van der Waals surface area contributed by atoms with E-state index in [-0.39, 0.29) is 12.1 Å². The maximum atomic E-state index is 12.7. The van der Waals surface area contributed by atoms with Crippen LogP contribution in [0.15, 0.2) is 6.20 Å². The number of nitrogens with zero attached hydrogens (tertiary/aromatic N) is 3. The highest BCUT2D eigenvalue weighted by Gasteiger charge is 2.36. The molecule has 1 N–H and O–H groups in total. The number of ether oxygens (including phenoxy) is 2. The molecule has 0 spiro atoms. The Labute approximate surface area is 142 Å². The third kappa shape index (κ3) is 4.02. The van der Waals surface area contributed by atoms with Gasteiger partial charge in [-0.25, -0.2) is 14.8 Å². The van der Waals surface area contributed by atoms with Crippen LogP contribution in [-0.4, -0.2) is 59.4 Å². The molecule has 3 rings (SSSR count). The zero-order chi connectivity index (χ0) is 17.3. The normalized spacial score (nSPS) is 23.2. The summed E-state index contributed by atoms with van der Waals surface area (Å²) in [4.78, 5) is 23.3. The molecule has 1 unspecified atom stereocenters. The molecule has 1 aliphatic heterocycles. The van der Waals surface area contributed by atoms with Crippen LogP contribution in [0, 0.1) is 6.92 Å². The van der Waals surface area contributed by atoms with Gasteiger partial charge < -0.3 is 19.7 Å². The summed E-state index contributed by atoms with van der Waals surface area (Å²) in [6, 6.07) is -0.137. The highest BCUT2D eigenvalue weighted by molar-refractivity contribution is 5.90. The molecular formula is C17H26N4O3. The second kappa shape index (κ2) is 6.64. The van der Waals surface area contributed by atoms with Gasteiger partial charge in [-0.3, -0.25) is 0 Å². The van der Waals surface area contributed by atoms with Crippen LogP contribution in [-0.2, 0) is 9.47 Å². The first kappa shape index (κ1) is 17.1. The van der Waals surface area contributed by atoms with Gasteiger partial charge in [0, 0.05) is 13.0 Å². The molecule has 7 nitrogen and oxygen atoms in total. The van der Waals surface area contributed by atoms with Crippen molar-refractivity contribution in [1.29, 1.82) is 0 Å². The third-order valence-corrected chi connectivity index (χ3v) is 4.27. The number of morpholine rings is 1. The van der Waals surface area contributed by atoms with Crippen LogP contribution in [0.3, 0.4) is 0 Å². The first-order valence-corrected chi connectivity index (χ1v) is 8.44. The lowest BCUT2D eigenvalue weighted by atomic mass is 10.1. The fraction of sp³-hybridized carbons (Fsp3) is 0.706. The second-order valence-corrected chi connectivity index (χ2v) is 7.26. The minimum absolute atomic E-state index is 0.123. The minimum Gasteiger partial charge on any atom is -0.382 e. The fourth-order valence-electron chi connectivity index (χ4n) is 3.17. The topological polar surface area (TPSA) is 76.6 Å². The molecule has 1 atom stereocenters. The zero-order valence-electron chi connectivity index (χ0n) is 14.8. The average molecular weight is 334 g/mol. The molecule has 0 bridgehead atoms. The molecule has 1 aromatic rings. The Hall–Kier alpha value is -1.73. The van der Waals surface area contributed by atoms with Gasteiger partial charge in [-0.2, -0.15) is 0 Å². The number of aryl methyl sites for hydroxylation is 1. The SMILES string of the molecule is COCC1CN(C(=O)Nc2cnc(C)nc2C2CC2)CC(C)(C)O1. The summed E-state index contributed by atoms with van der Waals surface area (Å²) in [6.45, 7) is 7.35. The lowest BCUT2D eigenvalue weighted by Gasteiger charge is -2.42. The number of nitrogens with one attached hydrogen (secondary N) is 1. The summed E-state index contributed by atoms with van der Waals surface area (Å²) in [5.74, 6) is 1.19. The minimum atomic E-state index is -0.401. The van der Waals surface area contributed by atoms with Crippen molar-refractivity contribution in [3.05, 3.63) is 17.7 Å². The maximum absolute atomic E-state index is 12.7. The molecule has 2 fully saturated rings. The first-order valence-electron chi connectivity index (χ1n) is 8.44. The number of urea groups is 1. The molecule has 1 aliphatic carbocycles. The molecule has 2 aliphatic rings. The van der Waals surface area contributed by atoms with Crippen molar-refractivity contribution in [2.24, 2.45) is 0 Å². The van der Waals surface area contributed by atoms with Crippen LogP contribution in [0.1, 0.15) is 44.1 Å². The maximum Gasteiger partial charge on any atom is 0.322 e. The number of hydrogen-bond donors (Lipinski definition) is 1. The Kier molecular flexibility index (Phi) is 4.73. The lowest BCUT2D eigenvalue weighted by Crippen LogP contribution is -2.56. The van der Waals surface area contributed by atoms with E-state index in [2.05, 4.69) is 15.3 Å². The van der Waals surface area contributed by atoms with Gasteiger partial charge in [-0.15, -0.1) is 0 Å². The van der Waals surface area contributed by atoms with Crippen LogP contribution in [0.2, 0.25) is 0 Å². The van der Waals surface area contributed by atoms with Crippen molar-refractivity contribution >= 4 is 11.7 Å². The Morgan fingerprint density at radius 3 is 2.92 bits per heavy atom. The van der Waals surface area contributed by atoms with Gasteiger partial charge >= 0.3 is 6.03 Å². The van der Waals surface area contributed by atoms with E-state index in [9.17, 15) is 4.79 Å². The molecule has 1 saturated carbocycles. The predicted octanol–water partition coefficient (Wildman–Crippen LogP) is 2.32. The second-order valence-electron chi connectivity index (χ2n) is 7.26. The number of anilines is 1. The van der Waals surface area contributed by atoms with Crippen molar-refractivity contribution in [3.63, 3.8) is 0 Å².